The maximum absolute atomic E-state index is 12.4. The Bertz CT molecular complexity index is 593. The first-order valence-corrected chi connectivity index (χ1v) is 10.2. The van der Waals surface area contributed by atoms with E-state index >= 15 is 0 Å². The van der Waals surface area contributed by atoms with Crippen molar-refractivity contribution in [3.63, 3.8) is 0 Å². The number of piperidine rings is 2. The lowest BCUT2D eigenvalue weighted by Crippen LogP contribution is -2.53. The van der Waals surface area contributed by atoms with Crippen molar-refractivity contribution in [2.24, 2.45) is 5.41 Å². The molecule has 0 N–H and O–H groups in total. The largest absolute Gasteiger partial charge is 0.376 e. The minimum atomic E-state index is 0.271. The van der Waals surface area contributed by atoms with Crippen molar-refractivity contribution in [2.45, 2.75) is 51.0 Å². The van der Waals surface area contributed by atoms with Crippen LogP contribution in [0, 0.1) is 5.41 Å². The lowest BCUT2D eigenvalue weighted by Gasteiger charge is -2.48. The summed E-state index contributed by atoms with van der Waals surface area (Å²) in [5.74, 6) is 0.337. The molecule has 3 aliphatic heterocycles. The van der Waals surface area contributed by atoms with Gasteiger partial charge in [-0.2, -0.15) is 0 Å². The molecule has 3 saturated heterocycles. The fourth-order valence-electron chi connectivity index (χ4n) is 4.78. The molecule has 1 aromatic heterocycles. The number of hydrogen-bond donors (Lipinski definition) is 0. The van der Waals surface area contributed by atoms with Crippen molar-refractivity contribution in [3.8, 4) is 0 Å². The molecule has 1 atom stereocenters. The monoisotopic (exact) mass is 357 g/mol. The Morgan fingerprint density at radius 3 is 2.85 bits per heavy atom. The van der Waals surface area contributed by atoms with Crippen LogP contribution in [0.1, 0.15) is 44.2 Å². The zero-order valence-corrected chi connectivity index (χ0v) is 15.7. The number of ether oxygens (including phenoxy) is 1. The number of hydrogen-bond acceptors (Lipinski definition) is 4. The molecule has 4 rings (SSSR count). The van der Waals surface area contributed by atoms with Gasteiger partial charge in [0.1, 0.15) is 0 Å². The molecule has 0 bridgehead atoms. The topological polar surface area (TPSA) is 45.7 Å². The highest BCUT2D eigenvalue weighted by atomic mass is 16.5. The van der Waals surface area contributed by atoms with E-state index in [1.54, 1.807) is 0 Å². The van der Waals surface area contributed by atoms with Crippen LogP contribution in [0.3, 0.4) is 0 Å². The molecule has 5 heteroatoms. The first kappa shape index (κ1) is 17.9. The quantitative estimate of drug-likeness (QED) is 0.812. The van der Waals surface area contributed by atoms with Crippen LogP contribution in [0.5, 0.6) is 0 Å². The molecule has 0 radical (unpaired) electrons. The molecule has 1 amide bonds. The van der Waals surface area contributed by atoms with Gasteiger partial charge in [0.05, 0.1) is 6.10 Å². The van der Waals surface area contributed by atoms with Crippen LogP contribution in [0.25, 0.3) is 0 Å². The van der Waals surface area contributed by atoms with Gasteiger partial charge in [-0.05, 0) is 62.7 Å². The fraction of sp³-hybridized carbons (Fsp3) is 0.714. The van der Waals surface area contributed by atoms with Crippen LogP contribution in [0.2, 0.25) is 0 Å². The summed E-state index contributed by atoms with van der Waals surface area (Å²) in [5, 5.41) is 0. The smallest absolute Gasteiger partial charge is 0.222 e. The summed E-state index contributed by atoms with van der Waals surface area (Å²) in [5.41, 5.74) is 1.52. The van der Waals surface area contributed by atoms with E-state index in [0.29, 0.717) is 11.3 Å². The highest BCUT2D eigenvalue weighted by molar-refractivity contribution is 5.77. The van der Waals surface area contributed by atoms with Crippen molar-refractivity contribution in [2.75, 3.05) is 39.3 Å². The fourth-order valence-corrected chi connectivity index (χ4v) is 4.78. The second-order valence-corrected chi connectivity index (χ2v) is 8.32. The van der Waals surface area contributed by atoms with Gasteiger partial charge in [-0.25, -0.2) is 0 Å². The van der Waals surface area contributed by atoms with Crippen LogP contribution >= 0.6 is 0 Å². The minimum Gasteiger partial charge on any atom is -0.376 e. The number of pyridine rings is 1. The highest BCUT2D eigenvalue weighted by Gasteiger charge is 2.41. The molecular formula is C21H31N3O2. The molecule has 3 aliphatic rings. The van der Waals surface area contributed by atoms with E-state index in [1.807, 2.05) is 12.3 Å². The van der Waals surface area contributed by atoms with E-state index < -0.39 is 0 Å². The lowest BCUT2D eigenvalue weighted by molar-refractivity contribution is -0.141. The normalized spacial score (nSPS) is 26.5. The molecule has 3 fully saturated rings. The van der Waals surface area contributed by atoms with Crippen molar-refractivity contribution < 1.29 is 9.53 Å². The Morgan fingerprint density at radius 1 is 1.23 bits per heavy atom. The van der Waals surface area contributed by atoms with Crippen LogP contribution < -0.4 is 0 Å². The molecule has 0 saturated carbocycles. The van der Waals surface area contributed by atoms with Crippen LogP contribution in [-0.2, 0) is 16.0 Å². The average molecular weight is 357 g/mol. The number of amides is 1. The standard InChI is InChI=1S/C21H31N3O2/c25-20-6-8-21(17-24(20)16-19-5-3-15-26-19)9-13-23(14-10-21)12-7-18-4-1-2-11-22-18/h1-2,4,11,19H,3,5-10,12-17H2. The molecule has 142 valence electrons. The number of likely N-dealkylation sites (tertiary alicyclic amines) is 2. The maximum atomic E-state index is 12.4. The van der Waals surface area contributed by atoms with Crippen LogP contribution in [0.15, 0.2) is 24.4 Å². The van der Waals surface area contributed by atoms with E-state index in [0.717, 1.165) is 71.4 Å². The van der Waals surface area contributed by atoms with Crippen molar-refractivity contribution in [3.05, 3.63) is 30.1 Å². The number of carbonyl (C=O) groups excluding carboxylic acids is 1. The molecule has 1 unspecified atom stereocenters. The van der Waals surface area contributed by atoms with Crippen molar-refractivity contribution in [1.29, 1.82) is 0 Å². The second kappa shape index (κ2) is 8.05. The van der Waals surface area contributed by atoms with E-state index in [1.165, 1.54) is 18.5 Å². The Labute approximate surface area is 156 Å². The SMILES string of the molecule is O=C1CCC2(CCN(CCc3ccccn3)CC2)CN1CC1CCCO1. The number of nitrogens with zero attached hydrogens (tertiary/aromatic N) is 3. The first-order valence-electron chi connectivity index (χ1n) is 10.2. The summed E-state index contributed by atoms with van der Waals surface area (Å²) in [6.07, 6.45) is 9.64. The third-order valence-corrected chi connectivity index (χ3v) is 6.52. The van der Waals surface area contributed by atoms with Gasteiger partial charge in [0, 0.05) is 51.0 Å². The Balaban J connectivity index is 1.27. The molecule has 1 aromatic rings. The highest BCUT2D eigenvalue weighted by Crippen LogP contribution is 2.40. The van der Waals surface area contributed by atoms with Crippen LogP contribution in [0.4, 0.5) is 0 Å². The second-order valence-electron chi connectivity index (χ2n) is 8.32. The van der Waals surface area contributed by atoms with Gasteiger partial charge >= 0.3 is 0 Å². The molecule has 5 nitrogen and oxygen atoms in total. The van der Waals surface area contributed by atoms with E-state index in [9.17, 15) is 4.79 Å². The Morgan fingerprint density at radius 2 is 2.12 bits per heavy atom. The summed E-state index contributed by atoms with van der Waals surface area (Å²) in [4.78, 5) is 21.5. The molecule has 1 spiro atoms. The summed E-state index contributed by atoms with van der Waals surface area (Å²) >= 11 is 0. The lowest BCUT2D eigenvalue weighted by atomic mass is 9.72. The predicted octanol–water partition coefficient (Wildman–Crippen LogP) is 2.51. The molecule has 0 aliphatic carbocycles. The van der Waals surface area contributed by atoms with Crippen LogP contribution in [-0.4, -0.2) is 66.1 Å². The predicted molar refractivity (Wildman–Crippen MR) is 101 cm³/mol. The van der Waals surface area contributed by atoms with Gasteiger partial charge in [-0.15, -0.1) is 0 Å². The average Bonchev–Trinajstić information content (AvgIpc) is 3.19. The van der Waals surface area contributed by atoms with Crippen molar-refractivity contribution in [1.82, 2.24) is 14.8 Å². The molecule has 4 heterocycles. The summed E-state index contributed by atoms with van der Waals surface area (Å²) in [6.45, 7) is 6.00. The van der Waals surface area contributed by atoms with E-state index in [4.69, 9.17) is 4.74 Å². The summed E-state index contributed by atoms with van der Waals surface area (Å²) in [7, 11) is 0. The molecule has 0 aromatic carbocycles. The van der Waals surface area contributed by atoms with Gasteiger partial charge in [0.2, 0.25) is 5.91 Å². The Kier molecular flexibility index (Phi) is 5.55. The van der Waals surface area contributed by atoms with Crippen molar-refractivity contribution >= 4 is 5.91 Å². The number of carbonyl (C=O) groups is 1. The van der Waals surface area contributed by atoms with E-state index in [2.05, 4.69) is 26.9 Å². The minimum absolute atomic E-state index is 0.271. The zero-order chi connectivity index (χ0) is 17.8. The number of aromatic nitrogens is 1. The molecule has 26 heavy (non-hydrogen) atoms. The maximum Gasteiger partial charge on any atom is 0.222 e. The summed E-state index contributed by atoms with van der Waals surface area (Å²) in [6, 6.07) is 6.15. The third-order valence-electron chi connectivity index (χ3n) is 6.52. The molecular weight excluding hydrogens is 326 g/mol. The summed E-state index contributed by atoms with van der Waals surface area (Å²) < 4.78 is 5.76. The first-order chi connectivity index (χ1) is 12.7. The number of rotatable bonds is 5. The third kappa shape index (κ3) is 4.26. The van der Waals surface area contributed by atoms with E-state index in [-0.39, 0.29) is 6.10 Å². The zero-order valence-electron chi connectivity index (χ0n) is 15.7. The van der Waals surface area contributed by atoms with Gasteiger partial charge in [0.25, 0.3) is 0 Å². The Hall–Kier alpha value is -1.46. The van der Waals surface area contributed by atoms with Gasteiger partial charge < -0.3 is 14.5 Å². The van der Waals surface area contributed by atoms with Gasteiger partial charge in [0.15, 0.2) is 0 Å². The van der Waals surface area contributed by atoms with Gasteiger partial charge in [-0.3, -0.25) is 9.78 Å². The van der Waals surface area contributed by atoms with Gasteiger partial charge in [-0.1, -0.05) is 6.07 Å².